The van der Waals surface area contributed by atoms with Crippen LogP contribution in [0, 0.1) is 0 Å². The van der Waals surface area contributed by atoms with Crippen LogP contribution in [0.2, 0.25) is 0 Å². The molecule has 0 amide bonds. The summed E-state index contributed by atoms with van der Waals surface area (Å²) in [6.07, 6.45) is 0. The summed E-state index contributed by atoms with van der Waals surface area (Å²) in [5, 5.41) is 29.4. The Bertz CT molecular complexity index is 1890. The molecule has 0 saturated carbocycles. The summed E-state index contributed by atoms with van der Waals surface area (Å²) in [6, 6.07) is 19.5. The van der Waals surface area contributed by atoms with E-state index in [9.17, 15) is 34.5 Å². The number of para-hydroxylation sites is 1. The molecule has 3 N–H and O–H groups in total. The van der Waals surface area contributed by atoms with Crippen LogP contribution in [0.3, 0.4) is 0 Å². The molecule has 0 atom stereocenters. The molecule has 0 saturated heterocycles. The van der Waals surface area contributed by atoms with E-state index in [2.05, 4.69) is 0 Å². The predicted octanol–water partition coefficient (Wildman–Crippen LogP) is 4.57. The summed E-state index contributed by atoms with van der Waals surface area (Å²) in [5.41, 5.74) is -1.63. The number of carbonyl (C=O) groups is 3. The lowest BCUT2D eigenvalue weighted by molar-refractivity contribution is 0.0656. The molecule has 0 fully saturated rings. The Kier molecular flexibility index (Phi) is 7.08. The van der Waals surface area contributed by atoms with Crippen LogP contribution >= 0.6 is 0 Å². The first-order chi connectivity index (χ1) is 19.7. The van der Waals surface area contributed by atoms with Crippen molar-refractivity contribution in [2.75, 3.05) is 0 Å². The van der Waals surface area contributed by atoms with E-state index in [0.717, 1.165) is 12.1 Å². The maximum atomic E-state index is 13.0. The van der Waals surface area contributed by atoms with Crippen LogP contribution in [0.5, 0.6) is 34.5 Å². The third kappa shape index (κ3) is 5.83. The quantitative estimate of drug-likeness (QED) is 0.153. The highest BCUT2D eigenvalue weighted by molar-refractivity contribution is 5.96. The van der Waals surface area contributed by atoms with Gasteiger partial charge in [0, 0.05) is 11.5 Å². The molecule has 0 unspecified atom stereocenters. The second-order valence-corrected chi connectivity index (χ2v) is 8.52. The summed E-state index contributed by atoms with van der Waals surface area (Å²) in [5.74, 6) is -4.88. The highest BCUT2D eigenvalue weighted by Gasteiger charge is 2.24. The van der Waals surface area contributed by atoms with Crippen molar-refractivity contribution < 1.29 is 48.3 Å². The van der Waals surface area contributed by atoms with Crippen LogP contribution in [-0.2, 0) is 0 Å². The normalized spacial score (nSPS) is 10.6. The van der Waals surface area contributed by atoms with E-state index in [1.54, 1.807) is 0 Å². The molecule has 5 rings (SSSR count). The zero-order valence-corrected chi connectivity index (χ0v) is 20.8. The monoisotopic (exact) mass is 554 g/mol. The fraction of sp³-hybridized carbons (Fsp3) is 0. The van der Waals surface area contributed by atoms with Crippen molar-refractivity contribution in [3.05, 3.63) is 118 Å². The van der Waals surface area contributed by atoms with Crippen molar-refractivity contribution in [2.45, 2.75) is 0 Å². The van der Waals surface area contributed by atoms with Crippen molar-refractivity contribution in [3.8, 4) is 34.5 Å². The lowest BCUT2D eigenvalue weighted by atomic mass is 10.2. The predicted molar refractivity (Wildman–Crippen MR) is 142 cm³/mol. The summed E-state index contributed by atoms with van der Waals surface area (Å²) < 4.78 is 21.3. The van der Waals surface area contributed by atoms with Gasteiger partial charge in [0.05, 0.1) is 11.1 Å². The number of hydrogen-bond acceptors (Lipinski definition) is 11. The minimum Gasteiger partial charge on any atom is -0.508 e. The van der Waals surface area contributed by atoms with Gasteiger partial charge in [-0.25, -0.2) is 19.2 Å². The molecule has 1 aromatic heterocycles. The van der Waals surface area contributed by atoms with Gasteiger partial charge in [-0.15, -0.1) is 0 Å². The molecule has 0 radical (unpaired) electrons. The Morgan fingerprint density at radius 1 is 0.585 bits per heavy atom. The van der Waals surface area contributed by atoms with Crippen LogP contribution in [0.4, 0.5) is 0 Å². The summed E-state index contributed by atoms with van der Waals surface area (Å²) in [7, 11) is 0. The molecule has 11 heteroatoms. The number of ether oxygens (including phenoxy) is 3. The molecular formula is C30H18O11. The van der Waals surface area contributed by atoms with E-state index >= 15 is 0 Å². The molecular weight excluding hydrogens is 536 g/mol. The molecule has 4 aromatic carbocycles. The van der Waals surface area contributed by atoms with Crippen molar-refractivity contribution >= 4 is 28.9 Å². The Morgan fingerprint density at radius 2 is 1.12 bits per heavy atom. The smallest absolute Gasteiger partial charge is 0.351 e. The SMILES string of the molecule is O=C(Oc1cccc(OC(=O)c2cc3ccc(O)cc3oc2=O)c1OC(=O)c1cccc(O)c1)c1cccc(O)c1. The van der Waals surface area contributed by atoms with Gasteiger partial charge in [-0.05, 0) is 66.7 Å². The van der Waals surface area contributed by atoms with Gasteiger partial charge < -0.3 is 33.9 Å². The Hall–Kier alpha value is -6.10. The molecule has 0 aliphatic rings. The minimum absolute atomic E-state index is 0.0301. The van der Waals surface area contributed by atoms with Crippen LogP contribution in [0.1, 0.15) is 31.1 Å². The number of phenols is 3. The number of carbonyl (C=O) groups excluding carboxylic acids is 3. The Morgan fingerprint density at radius 3 is 1.73 bits per heavy atom. The maximum absolute atomic E-state index is 13.0. The number of esters is 3. The molecule has 1 heterocycles. The molecule has 5 aromatic rings. The van der Waals surface area contributed by atoms with Crippen LogP contribution < -0.4 is 19.8 Å². The molecule has 11 nitrogen and oxygen atoms in total. The maximum Gasteiger partial charge on any atom is 0.351 e. The minimum atomic E-state index is -1.18. The summed E-state index contributed by atoms with van der Waals surface area (Å²) in [4.78, 5) is 51.3. The van der Waals surface area contributed by atoms with Crippen LogP contribution in [-0.4, -0.2) is 33.2 Å². The molecule has 41 heavy (non-hydrogen) atoms. The van der Waals surface area contributed by atoms with Gasteiger partial charge in [0.2, 0.25) is 5.75 Å². The summed E-state index contributed by atoms with van der Waals surface area (Å²) in [6.45, 7) is 0. The van der Waals surface area contributed by atoms with Crippen molar-refractivity contribution in [1.29, 1.82) is 0 Å². The fourth-order valence-corrected chi connectivity index (χ4v) is 3.73. The van der Waals surface area contributed by atoms with Gasteiger partial charge in [-0.3, -0.25) is 0 Å². The third-order valence-electron chi connectivity index (χ3n) is 5.65. The number of fused-ring (bicyclic) bond motifs is 1. The van der Waals surface area contributed by atoms with E-state index in [4.69, 9.17) is 18.6 Å². The molecule has 0 aliphatic carbocycles. The largest absolute Gasteiger partial charge is 0.508 e. The van der Waals surface area contributed by atoms with Crippen LogP contribution in [0.25, 0.3) is 11.0 Å². The van der Waals surface area contributed by atoms with Crippen LogP contribution in [0.15, 0.2) is 100 Å². The number of phenolic OH excluding ortho intramolecular Hbond substituents is 3. The first-order valence-electron chi connectivity index (χ1n) is 11.8. The van der Waals surface area contributed by atoms with E-state index in [-0.39, 0.29) is 39.7 Å². The summed E-state index contributed by atoms with van der Waals surface area (Å²) >= 11 is 0. The first kappa shape index (κ1) is 26.5. The number of benzene rings is 4. The average molecular weight is 554 g/mol. The second-order valence-electron chi connectivity index (χ2n) is 8.52. The molecule has 0 aliphatic heterocycles. The highest BCUT2D eigenvalue weighted by Crippen LogP contribution is 2.39. The lowest BCUT2D eigenvalue weighted by Gasteiger charge is -2.15. The Labute approximate surface area is 230 Å². The van der Waals surface area contributed by atoms with E-state index in [0.29, 0.717) is 5.39 Å². The number of rotatable bonds is 6. The van der Waals surface area contributed by atoms with Crippen molar-refractivity contribution in [3.63, 3.8) is 0 Å². The Balaban J connectivity index is 1.52. The fourth-order valence-electron chi connectivity index (χ4n) is 3.73. The molecule has 204 valence electrons. The zero-order valence-electron chi connectivity index (χ0n) is 20.8. The third-order valence-corrected chi connectivity index (χ3v) is 5.65. The lowest BCUT2D eigenvalue weighted by Crippen LogP contribution is -2.20. The van der Waals surface area contributed by atoms with E-state index in [1.807, 2.05) is 0 Å². The van der Waals surface area contributed by atoms with Gasteiger partial charge in [0.25, 0.3) is 0 Å². The van der Waals surface area contributed by atoms with Crippen molar-refractivity contribution in [1.82, 2.24) is 0 Å². The number of hydrogen-bond donors (Lipinski definition) is 3. The second kappa shape index (κ2) is 10.9. The molecule has 0 spiro atoms. The van der Waals surface area contributed by atoms with Gasteiger partial charge in [0.1, 0.15) is 28.4 Å². The average Bonchev–Trinajstić information content (AvgIpc) is 2.94. The standard InChI is InChI=1S/C30H18O11/c31-19-6-1-4-17(12-19)27(34)38-23-8-3-9-24(26(23)41-28(35)18-5-2-7-20(32)13-18)39-29(36)22-14-16-10-11-21(33)15-25(16)40-30(22)37/h1-15,31-33H. The van der Waals surface area contributed by atoms with Gasteiger partial charge in [-0.2, -0.15) is 0 Å². The van der Waals surface area contributed by atoms with E-state index in [1.165, 1.54) is 78.9 Å². The van der Waals surface area contributed by atoms with Crippen molar-refractivity contribution in [2.24, 2.45) is 0 Å². The van der Waals surface area contributed by atoms with Gasteiger partial charge in [0.15, 0.2) is 11.5 Å². The topological polar surface area (TPSA) is 170 Å². The molecule has 0 bridgehead atoms. The van der Waals surface area contributed by atoms with Gasteiger partial charge >= 0.3 is 23.5 Å². The highest BCUT2D eigenvalue weighted by atomic mass is 16.6. The van der Waals surface area contributed by atoms with Gasteiger partial charge in [-0.1, -0.05) is 18.2 Å². The zero-order chi connectivity index (χ0) is 29.1. The first-order valence-corrected chi connectivity index (χ1v) is 11.8. The number of aromatic hydroxyl groups is 3. The van der Waals surface area contributed by atoms with E-state index < -0.39 is 40.6 Å².